The lowest BCUT2D eigenvalue weighted by atomic mass is 10.2. The Kier molecular flexibility index (Phi) is 7.59. The van der Waals surface area contributed by atoms with E-state index in [4.69, 9.17) is 22.6 Å². The zero-order chi connectivity index (χ0) is 23.4. The largest absolute Gasteiger partial charge is 0.504 e. The van der Waals surface area contributed by atoms with Gasteiger partial charge in [-0.25, -0.2) is 0 Å². The van der Waals surface area contributed by atoms with Crippen molar-refractivity contribution in [2.75, 3.05) is 27.4 Å². The Labute approximate surface area is 180 Å². The van der Waals surface area contributed by atoms with Gasteiger partial charge in [0.25, 0.3) is 0 Å². The topological polar surface area (TPSA) is 155 Å². The zero-order valence-corrected chi connectivity index (χ0v) is 18.7. The fourth-order valence-corrected chi connectivity index (χ4v) is 4.57. The maximum Gasteiger partial charge on any atom is 0.300 e. The SMILES string of the molecule is CCOS(=O)(=O)c1cc(OC)c(O)cc1Oc1cc(O)c(OC)cc1S(=O)(=O)OCC. The average Bonchev–Trinajstić information content (AvgIpc) is 2.67. The number of ether oxygens (including phenoxy) is 3. The van der Waals surface area contributed by atoms with Gasteiger partial charge in [0.05, 0.1) is 27.4 Å². The molecule has 0 aliphatic rings. The van der Waals surface area contributed by atoms with E-state index in [0.29, 0.717) is 0 Å². The van der Waals surface area contributed by atoms with Crippen LogP contribution in [0.2, 0.25) is 0 Å². The maximum atomic E-state index is 12.5. The number of methoxy groups -OCH3 is 2. The van der Waals surface area contributed by atoms with Crippen molar-refractivity contribution in [2.24, 2.45) is 0 Å². The third-order valence-corrected chi connectivity index (χ3v) is 6.60. The van der Waals surface area contributed by atoms with Crippen LogP contribution in [0.3, 0.4) is 0 Å². The van der Waals surface area contributed by atoms with Gasteiger partial charge in [-0.15, -0.1) is 0 Å². The van der Waals surface area contributed by atoms with Crippen LogP contribution >= 0.6 is 0 Å². The average molecular weight is 478 g/mol. The minimum absolute atomic E-state index is 0.189. The minimum Gasteiger partial charge on any atom is -0.504 e. The van der Waals surface area contributed by atoms with Crippen LogP contribution in [0.1, 0.15) is 13.8 Å². The van der Waals surface area contributed by atoms with E-state index >= 15 is 0 Å². The van der Waals surface area contributed by atoms with Gasteiger partial charge in [0, 0.05) is 24.3 Å². The van der Waals surface area contributed by atoms with Crippen molar-refractivity contribution >= 4 is 20.2 Å². The molecular weight excluding hydrogens is 456 g/mol. The lowest BCUT2D eigenvalue weighted by molar-refractivity contribution is 0.329. The molecule has 2 rings (SSSR count). The number of aromatic hydroxyl groups is 2. The smallest absolute Gasteiger partial charge is 0.300 e. The van der Waals surface area contributed by atoms with Crippen LogP contribution < -0.4 is 14.2 Å². The molecule has 0 spiro atoms. The molecule has 11 nitrogen and oxygen atoms in total. The van der Waals surface area contributed by atoms with Crippen LogP contribution in [-0.4, -0.2) is 54.5 Å². The molecule has 0 atom stereocenters. The highest BCUT2D eigenvalue weighted by Crippen LogP contribution is 2.43. The van der Waals surface area contributed by atoms with Gasteiger partial charge < -0.3 is 24.4 Å². The quantitative estimate of drug-likeness (QED) is 0.483. The third kappa shape index (κ3) is 5.31. The van der Waals surface area contributed by atoms with Crippen LogP contribution in [-0.2, 0) is 28.6 Å². The van der Waals surface area contributed by atoms with Crippen LogP contribution in [0.5, 0.6) is 34.5 Å². The number of hydrogen-bond donors (Lipinski definition) is 2. The Morgan fingerprint density at radius 1 is 0.677 bits per heavy atom. The molecule has 0 radical (unpaired) electrons. The second-order valence-corrected chi connectivity index (χ2v) is 8.93. The monoisotopic (exact) mass is 478 g/mol. The highest BCUT2D eigenvalue weighted by atomic mass is 32.2. The van der Waals surface area contributed by atoms with Crippen LogP contribution in [0.15, 0.2) is 34.1 Å². The molecule has 0 saturated carbocycles. The molecule has 0 aliphatic heterocycles. The Balaban J connectivity index is 2.76. The first-order valence-corrected chi connectivity index (χ1v) is 11.6. The summed E-state index contributed by atoms with van der Waals surface area (Å²) in [5, 5.41) is 20.2. The number of rotatable bonds is 10. The van der Waals surface area contributed by atoms with Gasteiger partial charge in [-0.05, 0) is 13.8 Å². The van der Waals surface area contributed by atoms with Crippen LogP contribution in [0, 0.1) is 0 Å². The predicted octanol–water partition coefficient (Wildman–Crippen LogP) is 2.36. The molecule has 2 aromatic carbocycles. The molecule has 2 aromatic rings. The Morgan fingerprint density at radius 3 is 1.32 bits per heavy atom. The molecule has 13 heteroatoms. The molecular formula is C18H22O11S2. The number of phenols is 2. The van der Waals surface area contributed by atoms with Crippen molar-refractivity contribution in [1.29, 1.82) is 0 Å². The van der Waals surface area contributed by atoms with Gasteiger partial charge in [-0.3, -0.25) is 8.37 Å². The second kappa shape index (κ2) is 9.60. The Bertz CT molecular complexity index is 1060. The zero-order valence-electron chi connectivity index (χ0n) is 17.1. The Morgan fingerprint density at radius 2 is 1.03 bits per heavy atom. The summed E-state index contributed by atoms with van der Waals surface area (Å²) in [4.78, 5) is -1.09. The molecule has 0 aromatic heterocycles. The van der Waals surface area contributed by atoms with E-state index < -0.39 is 53.0 Å². The summed E-state index contributed by atoms with van der Waals surface area (Å²) in [5.41, 5.74) is 0. The maximum absolute atomic E-state index is 12.5. The van der Waals surface area contributed by atoms with E-state index in [1.54, 1.807) is 0 Å². The fourth-order valence-electron chi connectivity index (χ4n) is 2.49. The fraction of sp³-hybridized carbons (Fsp3) is 0.333. The molecule has 0 saturated heterocycles. The number of hydrogen-bond acceptors (Lipinski definition) is 11. The van der Waals surface area contributed by atoms with Crippen LogP contribution in [0.4, 0.5) is 0 Å². The third-order valence-electron chi connectivity index (χ3n) is 3.80. The van der Waals surface area contributed by atoms with Crippen molar-refractivity contribution in [2.45, 2.75) is 23.6 Å². The Hall–Kier alpha value is -2.74. The van der Waals surface area contributed by atoms with Gasteiger partial charge >= 0.3 is 20.2 Å². The standard InChI is InChI=1S/C18H22O11S2/c1-5-27-30(21,22)17-9-13(25-3)11(19)7-15(17)29-16-8-12(20)14(26-4)10-18(16)31(23,24)28-6-2/h7-10,19-20H,5-6H2,1-4H3. The van der Waals surface area contributed by atoms with Crippen molar-refractivity contribution in [3.05, 3.63) is 24.3 Å². The van der Waals surface area contributed by atoms with Gasteiger partial charge in [0.1, 0.15) is 9.79 Å². The van der Waals surface area contributed by atoms with Gasteiger partial charge in [-0.1, -0.05) is 0 Å². The number of benzene rings is 2. The first kappa shape index (κ1) is 24.5. The highest BCUT2D eigenvalue weighted by molar-refractivity contribution is 7.87. The molecule has 0 unspecified atom stereocenters. The molecule has 172 valence electrons. The predicted molar refractivity (Wildman–Crippen MR) is 107 cm³/mol. The van der Waals surface area contributed by atoms with E-state index in [2.05, 4.69) is 0 Å². The van der Waals surface area contributed by atoms with Crippen LogP contribution in [0.25, 0.3) is 0 Å². The first-order valence-electron chi connectivity index (χ1n) is 8.79. The van der Waals surface area contributed by atoms with E-state index in [-0.39, 0.29) is 24.7 Å². The highest BCUT2D eigenvalue weighted by Gasteiger charge is 2.28. The molecule has 0 aliphatic carbocycles. The summed E-state index contributed by atoms with van der Waals surface area (Å²) in [6.07, 6.45) is 0. The van der Waals surface area contributed by atoms with E-state index in [1.807, 2.05) is 0 Å². The van der Waals surface area contributed by atoms with Crippen molar-refractivity contribution < 1.29 is 49.6 Å². The van der Waals surface area contributed by atoms with Crippen molar-refractivity contribution in [3.63, 3.8) is 0 Å². The molecule has 31 heavy (non-hydrogen) atoms. The second-order valence-electron chi connectivity index (χ2n) is 5.76. The first-order chi connectivity index (χ1) is 14.5. The molecule has 0 fully saturated rings. The summed E-state index contributed by atoms with van der Waals surface area (Å²) in [7, 11) is -6.33. The molecule has 0 bridgehead atoms. The molecule has 0 heterocycles. The minimum atomic E-state index is -4.38. The lowest BCUT2D eigenvalue weighted by Gasteiger charge is -2.17. The van der Waals surface area contributed by atoms with Gasteiger partial charge in [-0.2, -0.15) is 16.8 Å². The summed E-state index contributed by atoms with van der Waals surface area (Å²) in [6.45, 7) is 2.50. The summed E-state index contributed by atoms with van der Waals surface area (Å²) in [6, 6.07) is 3.72. The van der Waals surface area contributed by atoms with E-state index in [0.717, 1.165) is 24.3 Å². The van der Waals surface area contributed by atoms with Crippen molar-refractivity contribution in [1.82, 2.24) is 0 Å². The normalized spacial score (nSPS) is 11.9. The summed E-state index contributed by atoms with van der Waals surface area (Å²) >= 11 is 0. The lowest BCUT2D eigenvalue weighted by Crippen LogP contribution is -2.10. The van der Waals surface area contributed by atoms with Gasteiger partial charge in [0.2, 0.25) is 0 Å². The summed E-state index contributed by atoms with van der Waals surface area (Å²) in [5.74, 6) is -2.32. The van der Waals surface area contributed by atoms with E-state index in [1.165, 1.54) is 28.1 Å². The van der Waals surface area contributed by atoms with Gasteiger partial charge in [0.15, 0.2) is 34.5 Å². The van der Waals surface area contributed by atoms with Crippen molar-refractivity contribution in [3.8, 4) is 34.5 Å². The molecule has 2 N–H and O–H groups in total. The molecule has 0 amide bonds. The van der Waals surface area contributed by atoms with E-state index in [9.17, 15) is 27.0 Å². The number of phenolic OH excluding ortho intramolecular Hbond substituents is 2. The summed E-state index contributed by atoms with van der Waals surface area (Å²) < 4.78 is 75.0.